The summed E-state index contributed by atoms with van der Waals surface area (Å²) in [5, 5.41) is 13.4. The number of rotatable bonds is 9. The van der Waals surface area contributed by atoms with Gasteiger partial charge in [-0.15, -0.1) is 0 Å². The third kappa shape index (κ3) is 10.9. The molecule has 0 spiro atoms. The van der Waals surface area contributed by atoms with Gasteiger partial charge in [-0.05, 0) is 55.3 Å². The summed E-state index contributed by atoms with van der Waals surface area (Å²) >= 11 is 6.29. The summed E-state index contributed by atoms with van der Waals surface area (Å²) < 4.78 is 12.3. The number of nitrogens with one attached hydrogen (secondary N) is 1. The summed E-state index contributed by atoms with van der Waals surface area (Å²) in [4.78, 5) is 48.3. The fraction of sp³-hybridized carbons (Fsp3) is 0.429. The van der Waals surface area contributed by atoms with Crippen LogP contribution in [-0.2, 0) is 32.3 Å². The molecule has 1 fully saturated rings. The maximum Gasteiger partial charge on any atom is 0.290 e. The molecule has 2 aromatic carbocycles. The molecule has 3 amide bonds. The van der Waals surface area contributed by atoms with Crippen LogP contribution in [0.5, 0.6) is 0 Å². The zero-order valence-corrected chi connectivity index (χ0v) is 24.4. The largest absolute Gasteiger partial charge is 0.483 e. The van der Waals surface area contributed by atoms with Crippen LogP contribution >= 0.6 is 11.6 Å². The molecule has 1 saturated heterocycles. The Bertz CT molecular complexity index is 1100. The molecule has 1 unspecified atom stereocenters. The van der Waals surface area contributed by atoms with Crippen molar-refractivity contribution in [3.63, 3.8) is 0 Å². The molecule has 0 saturated carbocycles. The number of nitrogens with zero attached hydrogens (tertiary/aromatic N) is 4. The molecule has 0 radical (unpaired) electrons. The van der Waals surface area contributed by atoms with E-state index < -0.39 is 6.04 Å². The zero-order chi connectivity index (χ0) is 30.2. The highest BCUT2D eigenvalue weighted by Crippen LogP contribution is 2.21. The highest BCUT2D eigenvalue weighted by Gasteiger charge is 2.36. The van der Waals surface area contributed by atoms with Crippen molar-refractivity contribution in [2.45, 2.75) is 45.8 Å². The van der Waals surface area contributed by atoms with E-state index in [1.807, 2.05) is 39.1 Å². The molecule has 2 N–H and O–H groups in total. The molecule has 0 aliphatic carbocycles. The Balaban J connectivity index is 0.000000508. The number of likely N-dealkylation sites (N-methyl/N-ethyl adjacent to an activating group) is 2. The van der Waals surface area contributed by atoms with Gasteiger partial charge in [0.05, 0.1) is 6.54 Å². The Morgan fingerprint density at radius 3 is 2.38 bits per heavy atom. The molecule has 1 atom stereocenters. The summed E-state index contributed by atoms with van der Waals surface area (Å²) in [5.74, 6) is -0.499. The van der Waals surface area contributed by atoms with E-state index in [0.29, 0.717) is 24.4 Å². The van der Waals surface area contributed by atoms with Gasteiger partial charge in [0.15, 0.2) is 0 Å². The third-order valence-electron chi connectivity index (χ3n) is 6.05. The van der Waals surface area contributed by atoms with Crippen molar-refractivity contribution in [2.75, 3.05) is 34.4 Å². The van der Waals surface area contributed by atoms with E-state index >= 15 is 0 Å². The number of hydrogen-bond donors (Lipinski definition) is 2. The number of hydrogen-bond acceptors (Lipinski definition) is 6. The summed E-state index contributed by atoms with van der Waals surface area (Å²) in [6.07, 6.45) is 1.95. The van der Waals surface area contributed by atoms with Gasteiger partial charge in [-0.2, -0.15) is 0 Å². The van der Waals surface area contributed by atoms with Crippen molar-refractivity contribution in [2.24, 2.45) is 0 Å². The lowest BCUT2D eigenvalue weighted by atomic mass is 10.1. The average molecular weight is 580 g/mol. The van der Waals surface area contributed by atoms with Crippen molar-refractivity contribution in [1.82, 2.24) is 25.1 Å². The van der Waals surface area contributed by atoms with E-state index in [4.69, 9.17) is 21.5 Å². The molecule has 12 heteroatoms. The third-order valence-corrected chi connectivity index (χ3v) is 6.40. The number of carbonyl (C=O) groups excluding carboxylic acids is 3. The molecule has 1 aliphatic heterocycles. The van der Waals surface area contributed by atoms with Crippen LogP contribution in [0.25, 0.3) is 0 Å². The Labute approximate surface area is 240 Å². The predicted molar refractivity (Wildman–Crippen MR) is 151 cm³/mol. The SMILES string of the molecule is CCCC(C(=O)N(C)Cc1ccc(C)cc1Cl)N1CN(C=O)N(C)CC1=O.CNCc1ccc(F)cc1.O=CO. The monoisotopic (exact) mass is 579 g/mol. The maximum atomic E-state index is 13.1. The van der Waals surface area contributed by atoms with E-state index in [1.54, 1.807) is 36.1 Å². The number of carboxylic acid groups (broad SMARTS) is 1. The first-order valence-electron chi connectivity index (χ1n) is 12.7. The van der Waals surface area contributed by atoms with Gasteiger partial charge in [0.25, 0.3) is 6.47 Å². The van der Waals surface area contributed by atoms with E-state index in [2.05, 4.69) is 5.32 Å². The number of aryl methyl sites for hydroxylation is 1. The molecular weight excluding hydrogens is 541 g/mol. The smallest absolute Gasteiger partial charge is 0.290 e. The maximum absolute atomic E-state index is 13.1. The molecule has 220 valence electrons. The predicted octanol–water partition coefficient (Wildman–Crippen LogP) is 3.13. The van der Waals surface area contributed by atoms with E-state index in [9.17, 15) is 18.8 Å². The fourth-order valence-corrected chi connectivity index (χ4v) is 4.26. The van der Waals surface area contributed by atoms with Crippen LogP contribution in [0.1, 0.15) is 36.5 Å². The molecule has 1 heterocycles. The second-order valence-electron chi connectivity index (χ2n) is 9.22. The lowest BCUT2D eigenvalue weighted by Crippen LogP contribution is -2.62. The van der Waals surface area contributed by atoms with Crippen LogP contribution in [0.15, 0.2) is 42.5 Å². The van der Waals surface area contributed by atoms with Crippen LogP contribution in [-0.4, -0.2) is 90.0 Å². The van der Waals surface area contributed by atoms with E-state index in [-0.39, 0.29) is 37.3 Å². The molecule has 2 aromatic rings. The van der Waals surface area contributed by atoms with Crippen molar-refractivity contribution < 1.29 is 28.7 Å². The number of hydrazine groups is 1. The molecular formula is C28H39ClFN5O5. The second kappa shape index (κ2) is 17.9. The van der Waals surface area contributed by atoms with Gasteiger partial charge in [-0.3, -0.25) is 24.2 Å². The minimum atomic E-state index is -0.604. The Hall–Kier alpha value is -3.54. The highest BCUT2D eigenvalue weighted by atomic mass is 35.5. The van der Waals surface area contributed by atoms with Crippen molar-refractivity contribution in [3.05, 3.63) is 70.0 Å². The van der Waals surface area contributed by atoms with Gasteiger partial charge in [-0.1, -0.05) is 49.2 Å². The minimum Gasteiger partial charge on any atom is -0.483 e. The van der Waals surface area contributed by atoms with Crippen LogP contribution < -0.4 is 5.32 Å². The van der Waals surface area contributed by atoms with Gasteiger partial charge < -0.3 is 20.2 Å². The molecule has 40 heavy (non-hydrogen) atoms. The summed E-state index contributed by atoms with van der Waals surface area (Å²) in [6.45, 7) is 4.97. The normalized spacial score (nSPS) is 13.8. The Morgan fingerprint density at radius 2 is 1.85 bits per heavy atom. The summed E-state index contributed by atoms with van der Waals surface area (Å²) in [6, 6.07) is 11.6. The standard InChI is InChI=1S/C19H27ClN4O3.C8H10FN.CH2O2/c1-5-6-17(24-12-23(13-25)22(4)11-18(24)26)19(27)21(3)10-15-8-7-14(2)9-16(15)20;1-10-6-7-2-4-8(9)5-3-7;2-1-3/h7-9,13,17H,5-6,10-12H2,1-4H3;2-5,10H,6H2,1H3;1H,(H,2,3). The lowest BCUT2D eigenvalue weighted by molar-refractivity contribution is -0.170. The topological polar surface area (TPSA) is 114 Å². The number of benzene rings is 2. The Kier molecular flexibility index (Phi) is 15.5. The highest BCUT2D eigenvalue weighted by molar-refractivity contribution is 6.31. The van der Waals surface area contributed by atoms with Crippen LogP contribution in [0, 0.1) is 12.7 Å². The van der Waals surface area contributed by atoms with Gasteiger partial charge in [0.2, 0.25) is 18.2 Å². The molecule has 3 rings (SSSR count). The first-order chi connectivity index (χ1) is 19.0. The number of carbonyl (C=O) groups is 4. The van der Waals surface area contributed by atoms with Crippen molar-refractivity contribution in [3.8, 4) is 0 Å². The summed E-state index contributed by atoms with van der Waals surface area (Å²) in [5.41, 5.74) is 3.01. The quantitative estimate of drug-likeness (QED) is 0.439. The summed E-state index contributed by atoms with van der Waals surface area (Å²) in [7, 11) is 5.24. The molecule has 1 aliphatic rings. The fourth-order valence-electron chi connectivity index (χ4n) is 3.97. The molecule has 0 aromatic heterocycles. The number of amides is 3. The van der Waals surface area contributed by atoms with E-state index in [0.717, 1.165) is 29.7 Å². The van der Waals surface area contributed by atoms with Gasteiger partial charge in [0.1, 0.15) is 18.5 Å². The Morgan fingerprint density at radius 1 is 1.23 bits per heavy atom. The first-order valence-corrected chi connectivity index (χ1v) is 13.1. The van der Waals surface area contributed by atoms with Crippen LogP contribution in [0.3, 0.4) is 0 Å². The first kappa shape index (κ1) is 34.5. The second-order valence-corrected chi connectivity index (χ2v) is 9.63. The lowest BCUT2D eigenvalue weighted by Gasteiger charge is -2.43. The number of halogens is 2. The van der Waals surface area contributed by atoms with Crippen LogP contribution in [0.2, 0.25) is 5.02 Å². The van der Waals surface area contributed by atoms with Crippen LogP contribution in [0.4, 0.5) is 4.39 Å². The molecule has 0 bridgehead atoms. The zero-order valence-electron chi connectivity index (χ0n) is 23.6. The van der Waals surface area contributed by atoms with Gasteiger partial charge in [0, 0.05) is 32.2 Å². The van der Waals surface area contributed by atoms with E-state index in [1.165, 1.54) is 22.0 Å². The van der Waals surface area contributed by atoms with Crippen molar-refractivity contribution in [1.29, 1.82) is 0 Å². The van der Waals surface area contributed by atoms with Crippen molar-refractivity contribution >= 4 is 36.3 Å². The average Bonchev–Trinajstić information content (AvgIpc) is 2.91. The van der Waals surface area contributed by atoms with Gasteiger partial charge in [-0.25, -0.2) is 9.40 Å². The van der Waals surface area contributed by atoms with Gasteiger partial charge >= 0.3 is 0 Å². The minimum absolute atomic E-state index is 0.0692. The molecule has 10 nitrogen and oxygen atoms in total.